The van der Waals surface area contributed by atoms with Gasteiger partial charge in [0.1, 0.15) is 5.01 Å². The van der Waals surface area contributed by atoms with E-state index < -0.39 is 0 Å². The Balaban J connectivity index is 0.00000264. The van der Waals surface area contributed by atoms with Crippen LogP contribution in [0.5, 0.6) is 0 Å². The maximum Gasteiger partial charge on any atom is 0.225 e. The van der Waals surface area contributed by atoms with Gasteiger partial charge in [0.2, 0.25) is 5.91 Å². The van der Waals surface area contributed by atoms with E-state index in [4.69, 9.17) is 0 Å². The van der Waals surface area contributed by atoms with Gasteiger partial charge < -0.3 is 4.90 Å². The summed E-state index contributed by atoms with van der Waals surface area (Å²) in [5, 5.41) is 3.29. The minimum atomic E-state index is 0. The Morgan fingerprint density at radius 1 is 1.22 bits per heavy atom. The highest BCUT2D eigenvalue weighted by Gasteiger charge is 2.26. The molecular weight excluding hydrogens is 330 g/mol. The van der Waals surface area contributed by atoms with Crippen LogP contribution in [-0.4, -0.2) is 46.9 Å². The van der Waals surface area contributed by atoms with Gasteiger partial charge in [-0.25, -0.2) is 4.98 Å². The second-order valence-electron chi connectivity index (χ2n) is 6.26. The zero-order valence-corrected chi connectivity index (χ0v) is 16.2. The third kappa shape index (κ3) is 6.05. The Morgan fingerprint density at radius 3 is 2.30 bits per heavy atom. The van der Waals surface area contributed by atoms with Gasteiger partial charge in [-0.3, -0.25) is 9.69 Å². The van der Waals surface area contributed by atoms with Crippen LogP contribution < -0.4 is 0 Å². The van der Waals surface area contributed by atoms with Crippen LogP contribution in [0.4, 0.5) is 0 Å². The molecule has 0 atom stereocenters. The Kier molecular flexibility index (Phi) is 9.10. The van der Waals surface area contributed by atoms with E-state index in [9.17, 15) is 4.79 Å². The number of carbonyl (C=O) groups excluding carboxylic acids is 1. The molecule has 6 heteroatoms. The van der Waals surface area contributed by atoms with Crippen LogP contribution in [0.15, 0.2) is 5.38 Å². The van der Waals surface area contributed by atoms with E-state index in [1.807, 2.05) is 6.92 Å². The van der Waals surface area contributed by atoms with Crippen molar-refractivity contribution < 1.29 is 4.79 Å². The van der Waals surface area contributed by atoms with Gasteiger partial charge >= 0.3 is 0 Å². The van der Waals surface area contributed by atoms with Crippen LogP contribution in [0.3, 0.4) is 0 Å². The maximum atomic E-state index is 12.6. The van der Waals surface area contributed by atoms with Crippen molar-refractivity contribution in [1.82, 2.24) is 14.8 Å². The van der Waals surface area contributed by atoms with Gasteiger partial charge in [-0.2, -0.15) is 0 Å². The van der Waals surface area contributed by atoms with Crippen molar-refractivity contribution >= 4 is 29.7 Å². The van der Waals surface area contributed by atoms with E-state index in [1.54, 1.807) is 11.3 Å². The molecule has 1 saturated heterocycles. The minimum absolute atomic E-state index is 0. The molecule has 0 spiro atoms. The molecule has 1 aromatic heterocycles. The molecule has 1 amide bonds. The summed E-state index contributed by atoms with van der Waals surface area (Å²) in [6.45, 7) is 11.0. The normalized spacial score (nSPS) is 15.7. The number of carbonyl (C=O) groups is 1. The summed E-state index contributed by atoms with van der Waals surface area (Å²) in [6.07, 6.45) is 4.26. The van der Waals surface area contributed by atoms with Gasteiger partial charge in [0.15, 0.2) is 0 Å². The molecule has 0 bridgehead atoms. The van der Waals surface area contributed by atoms with Crippen molar-refractivity contribution in [3.8, 4) is 0 Å². The molecule has 1 aliphatic heterocycles. The average Bonchev–Trinajstić information content (AvgIpc) is 2.92. The SMILES string of the molecule is CCCC(CCC)C(=O)N1CCN(Cc2nc(C)cs2)CC1.Cl. The second-order valence-corrected chi connectivity index (χ2v) is 7.20. The van der Waals surface area contributed by atoms with E-state index in [0.29, 0.717) is 5.91 Å². The van der Waals surface area contributed by atoms with E-state index in [0.717, 1.165) is 64.1 Å². The van der Waals surface area contributed by atoms with E-state index >= 15 is 0 Å². The fraction of sp³-hybridized carbons (Fsp3) is 0.765. The Hall–Kier alpha value is -0.650. The molecule has 0 radical (unpaired) electrons. The van der Waals surface area contributed by atoms with Crippen molar-refractivity contribution in [2.45, 2.75) is 53.0 Å². The lowest BCUT2D eigenvalue weighted by Crippen LogP contribution is -2.50. The molecule has 4 nitrogen and oxygen atoms in total. The van der Waals surface area contributed by atoms with Crippen molar-refractivity contribution in [2.24, 2.45) is 5.92 Å². The summed E-state index contributed by atoms with van der Waals surface area (Å²) in [5.41, 5.74) is 1.11. The molecule has 132 valence electrons. The molecular formula is C17H30ClN3OS. The molecule has 1 aliphatic rings. The van der Waals surface area contributed by atoms with Crippen molar-refractivity contribution in [3.63, 3.8) is 0 Å². The number of amides is 1. The molecule has 0 aromatic carbocycles. The van der Waals surface area contributed by atoms with Crippen LogP contribution in [0.2, 0.25) is 0 Å². The Morgan fingerprint density at radius 2 is 1.83 bits per heavy atom. The number of thiazole rings is 1. The number of piperazine rings is 1. The van der Waals surface area contributed by atoms with Crippen LogP contribution in [0.25, 0.3) is 0 Å². The number of rotatable bonds is 7. The molecule has 23 heavy (non-hydrogen) atoms. The van der Waals surface area contributed by atoms with Crippen molar-refractivity contribution in [2.75, 3.05) is 26.2 Å². The summed E-state index contributed by atoms with van der Waals surface area (Å²) in [7, 11) is 0. The minimum Gasteiger partial charge on any atom is -0.340 e. The Labute approximate surface area is 150 Å². The van der Waals surface area contributed by atoms with Gasteiger partial charge in [0.05, 0.1) is 6.54 Å². The first kappa shape index (κ1) is 20.4. The van der Waals surface area contributed by atoms with Crippen molar-refractivity contribution in [1.29, 1.82) is 0 Å². The van der Waals surface area contributed by atoms with Crippen LogP contribution in [-0.2, 0) is 11.3 Å². The molecule has 0 N–H and O–H groups in total. The lowest BCUT2D eigenvalue weighted by atomic mass is 9.96. The van der Waals surface area contributed by atoms with Crippen molar-refractivity contribution in [3.05, 3.63) is 16.1 Å². The third-order valence-corrected chi connectivity index (χ3v) is 5.28. The fourth-order valence-electron chi connectivity index (χ4n) is 3.14. The van der Waals surface area contributed by atoms with Gasteiger partial charge in [-0.15, -0.1) is 23.7 Å². The number of aromatic nitrogens is 1. The van der Waals surface area contributed by atoms with Crippen LogP contribution in [0, 0.1) is 12.8 Å². The van der Waals surface area contributed by atoms with Gasteiger partial charge in [-0.1, -0.05) is 26.7 Å². The fourth-order valence-corrected chi connectivity index (χ4v) is 3.95. The Bertz CT molecular complexity index is 466. The summed E-state index contributed by atoms with van der Waals surface area (Å²) >= 11 is 1.74. The molecule has 1 aromatic rings. The second kappa shape index (κ2) is 10.3. The topological polar surface area (TPSA) is 36.4 Å². The van der Waals surface area contributed by atoms with E-state index in [1.165, 1.54) is 5.01 Å². The standard InChI is InChI=1S/C17H29N3OS.ClH/c1-4-6-15(7-5-2)17(21)20-10-8-19(9-11-20)12-16-18-14(3)13-22-16;/h13,15H,4-12H2,1-3H3;1H. The monoisotopic (exact) mass is 359 g/mol. The zero-order valence-electron chi connectivity index (χ0n) is 14.6. The lowest BCUT2D eigenvalue weighted by molar-refractivity contribution is -0.137. The summed E-state index contributed by atoms with van der Waals surface area (Å²) < 4.78 is 0. The van der Waals surface area contributed by atoms with Crippen LogP contribution in [0.1, 0.15) is 50.2 Å². The average molecular weight is 360 g/mol. The number of hydrogen-bond donors (Lipinski definition) is 0. The molecule has 0 saturated carbocycles. The molecule has 2 heterocycles. The smallest absolute Gasteiger partial charge is 0.225 e. The van der Waals surface area contributed by atoms with Crippen LogP contribution >= 0.6 is 23.7 Å². The quantitative estimate of drug-likeness (QED) is 0.744. The molecule has 0 unspecified atom stereocenters. The maximum absolute atomic E-state index is 12.6. The highest BCUT2D eigenvalue weighted by molar-refractivity contribution is 7.09. The molecule has 2 rings (SSSR count). The first-order valence-corrected chi connectivity index (χ1v) is 9.44. The summed E-state index contributed by atoms with van der Waals surface area (Å²) in [6, 6.07) is 0. The first-order chi connectivity index (χ1) is 10.6. The molecule has 0 aliphatic carbocycles. The molecule has 1 fully saturated rings. The van der Waals surface area contributed by atoms with Gasteiger partial charge in [-0.05, 0) is 19.8 Å². The zero-order chi connectivity index (χ0) is 15.9. The van der Waals surface area contributed by atoms with E-state index in [2.05, 4.69) is 34.0 Å². The summed E-state index contributed by atoms with van der Waals surface area (Å²) in [5.74, 6) is 0.622. The number of hydrogen-bond acceptors (Lipinski definition) is 4. The number of halogens is 1. The number of nitrogens with zero attached hydrogens (tertiary/aromatic N) is 3. The lowest BCUT2D eigenvalue weighted by Gasteiger charge is -2.36. The third-order valence-electron chi connectivity index (χ3n) is 4.33. The van der Waals surface area contributed by atoms with Gasteiger partial charge in [0, 0.05) is 43.2 Å². The first-order valence-electron chi connectivity index (χ1n) is 8.56. The highest BCUT2D eigenvalue weighted by atomic mass is 35.5. The predicted molar refractivity (Wildman–Crippen MR) is 99.3 cm³/mol. The number of aryl methyl sites for hydroxylation is 1. The van der Waals surface area contributed by atoms with Gasteiger partial charge in [0.25, 0.3) is 0 Å². The highest BCUT2D eigenvalue weighted by Crippen LogP contribution is 2.19. The predicted octanol–water partition coefficient (Wildman–Crippen LogP) is 3.73. The van der Waals surface area contributed by atoms with E-state index in [-0.39, 0.29) is 18.3 Å². The largest absolute Gasteiger partial charge is 0.340 e. The summed E-state index contributed by atoms with van der Waals surface area (Å²) in [4.78, 5) is 21.7.